The van der Waals surface area contributed by atoms with Gasteiger partial charge in [0.25, 0.3) is 11.6 Å². The van der Waals surface area contributed by atoms with E-state index in [9.17, 15) is 24.5 Å². The van der Waals surface area contributed by atoms with Crippen molar-refractivity contribution in [1.82, 2.24) is 10.2 Å². The first kappa shape index (κ1) is 16.9. The Morgan fingerprint density at radius 2 is 2.08 bits per heavy atom. The second-order valence-electron chi connectivity index (χ2n) is 4.65. The van der Waals surface area contributed by atoms with Gasteiger partial charge >= 0.3 is 12.0 Å². The third-order valence-electron chi connectivity index (χ3n) is 3.15. The van der Waals surface area contributed by atoms with Crippen LogP contribution in [0.25, 0.3) is 6.08 Å². The molecule has 1 aromatic carbocycles. The number of carbonyl (C=O) groups excluding carboxylic acids is 3. The number of nitro groups is 1. The van der Waals surface area contributed by atoms with E-state index in [-0.39, 0.29) is 11.4 Å². The smallest absolute Gasteiger partial charge is 0.329 e. The summed E-state index contributed by atoms with van der Waals surface area (Å²) in [7, 11) is 1.15. The van der Waals surface area contributed by atoms with Crippen LogP contribution >= 0.6 is 0 Å². The van der Waals surface area contributed by atoms with E-state index in [1.54, 1.807) is 18.2 Å². The van der Waals surface area contributed by atoms with Crippen molar-refractivity contribution < 1.29 is 24.0 Å². The highest BCUT2D eigenvalue weighted by Crippen LogP contribution is 2.19. The molecule has 1 fully saturated rings. The molecule has 1 N–H and O–H groups in total. The zero-order valence-corrected chi connectivity index (χ0v) is 12.6. The van der Waals surface area contributed by atoms with Crippen LogP contribution in [0.2, 0.25) is 0 Å². The molecular formula is C15H13N3O6. The van der Waals surface area contributed by atoms with Gasteiger partial charge in [0, 0.05) is 6.07 Å². The average Bonchev–Trinajstić information content (AvgIpc) is 2.82. The summed E-state index contributed by atoms with van der Waals surface area (Å²) in [5.41, 5.74) is 0.225. The number of allylic oxidation sites excluding steroid dienone is 2. The first-order valence-electron chi connectivity index (χ1n) is 6.75. The van der Waals surface area contributed by atoms with E-state index >= 15 is 0 Å². The molecule has 0 aliphatic carbocycles. The second kappa shape index (κ2) is 7.18. The fourth-order valence-electron chi connectivity index (χ4n) is 1.97. The molecule has 0 unspecified atom stereocenters. The minimum atomic E-state index is -0.740. The predicted octanol–water partition coefficient (Wildman–Crippen LogP) is 1.22. The standard InChI is InChI=1S/C15H13N3O6/c1-24-13(19)9-17-14(20)11(16-15(17)21)7-4-6-10-5-2-3-8-12(10)18(22)23/h2-8H,9H2,1H3,(H,16,21)/b6-4+,11-7+. The Kier molecular flexibility index (Phi) is 5.05. The van der Waals surface area contributed by atoms with Gasteiger partial charge in [-0.2, -0.15) is 0 Å². The lowest BCUT2D eigenvalue weighted by atomic mass is 10.1. The van der Waals surface area contributed by atoms with Gasteiger partial charge in [0.05, 0.1) is 17.6 Å². The summed E-state index contributed by atoms with van der Waals surface area (Å²) in [4.78, 5) is 45.9. The van der Waals surface area contributed by atoms with Gasteiger partial charge in [-0.3, -0.25) is 19.7 Å². The zero-order chi connectivity index (χ0) is 17.7. The number of urea groups is 1. The maximum atomic E-state index is 12.0. The van der Waals surface area contributed by atoms with Crippen LogP contribution in [0.1, 0.15) is 5.56 Å². The van der Waals surface area contributed by atoms with Gasteiger partial charge in [-0.1, -0.05) is 18.2 Å². The Bertz CT molecular complexity index is 768. The molecule has 1 aromatic rings. The molecule has 0 saturated carbocycles. The van der Waals surface area contributed by atoms with Gasteiger partial charge in [0.15, 0.2) is 0 Å². The summed E-state index contributed by atoms with van der Waals surface area (Å²) in [5.74, 6) is -1.41. The van der Waals surface area contributed by atoms with Crippen molar-refractivity contribution in [2.24, 2.45) is 0 Å². The van der Waals surface area contributed by atoms with Crippen LogP contribution < -0.4 is 5.32 Å². The minimum Gasteiger partial charge on any atom is -0.468 e. The van der Waals surface area contributed by atoms with Crippen molar-refractivity contribution in [2.45, 2.75) is 0 Å². The maximum Gasteiger partial charge on any atom is 0.329 e. The molecule has 9 nitrogen and oxygen atoms in total. The first-order valence-corrected chi connectivity index (χ1v) is 6.75. The van der Waals surface area contributed by atoms with Crippen LogP contribution in [-0.4, -0.2) is 41.4 Å². The number of carbonyl (C=O) groups is 3. The molecule has 9 heteroatoms. The Morgan fingerprint density at radius 1 is 1.38 bits per heavy atom. The Morgan fingerprint density at radius 3 is 2.75 bits per heavy atom. The quantitative estimate of drug-likeness (QED) is 0.285. The first-order chi connectivity index (χ1) is 11.4. The van der Waals surface area contributed by atoms with Crippen LogP contribution in [0.4, 0.5) is 10.5 Å². The molecular weight excluding hydrogens is 318 g/mol. The molecule has 2 rings (SSSR count). The highest BCUT2D eigenvalue weighted by molar-refractivity contribution is 6.13. The number of amides is 3. The van der Waals surface area contributed by atoms with Crippen molar-refractivity contribution in [3.8, 4) is 0 Å². The van der Waals surface area contributed by atoms with E-state index in [1.807, 2.05) is 0 Å². The van der Waals surface area contributed by atoms with Gasteiger partial charge in [-0.25, -0.2) is 9.69 Å². The number of para-hydroxylation sites is 1. The van der Waals surface area contributed by atoms with E-state index in [0.29, 0.717) is 10.5 Å². The van der Waals surface area contributed by atoms with E-state index in [1.165, 1.54) is 24.3 Å². The van der Waals surface area contributed by atoms with Crippen LogP contribution in [0.3, 0.4) is 0 Å². The molecule has 3 amide bonds. The lowest BCUT2D eigenvalue weighted by Crippen LogP contribution is -2.36. The lowest BCUT2D eigenvalue weighted by Gasteiger charge is -2.08. The van der Waals surface area contributed by atoms with Crippen LogP contribution in [0, 0.1) is 10.1 Å². The normalized spacial score (nSPS) is 15.9. The number of imide groups is 1. The fourth-order valence-corrected chi connectivity index (χ4v) is 1.97. The number of benzene rings is 1. The molecule has 1 heterocycles. The summed E-state index contributed by atoms with van der Waals surface area (Å²) in [6, 6.07) is 5.34. The van der Waals surface area contributed by atoms with Crippen LogP contribution in [0.15, 0.2) is 42.1 Å². The molecule has 0 spiro atoms. The predicted molar refractivity (Wildman–Crippen MR) is 82.5 cm³/mol. The number of esters is 1. The van der Waals surface area contributed by atoms with E-state index in [0.717, 1.165) is 7.11 Å². The molecule has 124 valence electrons. The van der Waals surface area contributed by atoms with Crippen molar-refractivity contribution in [1.29, 1.82) is 0 Å². The number of ether oxygens (including phenoxy) is 1. The topological polar surface area (TPSA) is 119 Å². The summed E-state index contributed by atoms with van der Waals surface area (Å²) in [5, 5.41) is 13.2. The lowest BCUT2D eigenvalue weighted by molar-refractivity contribution is -0.385. The van der Waals surface area contributed by atoms with E-state index in [4.69, 9.17) is 0 Å². The van der Waals surface area contributed by atoms with Gasteiger partial charge in [0.1, 0.15) is 12.2 Å². The van der Waals surface area contributed by atoms with Crippen molar-refractivity contribution in [3.05, 3.63) is 57.8 Å². The SMILES string of the molecule is COC(=O)CN1C(=O)N/C(=C/C=C/c2ccccc2[N+](=O)[O-])C1=O. The molecule has 1 aliphatic heterocycles. The number of methoxy groups -OCH3 is 1. The molecule has 1 aliphatic rings. The molecule has 0 radical (unpaired) electrons. The maximum absolute atomic E-state index is 12.0. The third-order valence-corrected chi connectivity index (χ3v) is 3.15. The molecule has 0 atom stereocenters. The summed E-state index contributed by atoms with van der Waals surface area (Å²) < 4.78 is 4.41. The highest BCUT2D eigenvalue weighted by Gasteiger charge is 2.34. The van der Waals surface area contributed by atoms with Crippen molar-refractivity contribution in [2.75, 3.05) is 13.7 Å². The van der Waals surface area contributed by atoms with E-state index in [2.05, 4.69) is 10.1 Å². The fraction of sp³-hybridized carbons (Fsp3) is 0.133. The molecule has 0 bridgehead atoms. The van der Waals surface area contributed by atoms with Crippen molar-refractivity contribution >= 4 is 29.7 Å². The summed E-state index contributed by atoms with van der Waals surface area (Å²) in [6.45, 7) is -0.494. The number of hydrogen-bond acceptors (Lipinski definition) is 6. The minimum absolute atomic E-state index is 0.0428. The average molecular weight is 331 g/mol. The van der Waals surface area contributed by atoms with Crippen molar-refractivity contribution in [3.63, 3.8) is 0 Å². The monoisotopic (exact) mass is 331 g/mol. The Labute approximate surface area is 136 Å². The Hall–Kier alpha value is -3.49. The number of rotatable bonds is 5. The van der Waals surface area contributed by atoms with E-state index < -0.39 is 29.4 Å². The highest BCUT2D eigenvalue weighted by atomic mass is 16.6. The summed E-state index contributed by atoms with van der Waals surface area (Å²) in [6.07, 6.45) is 4.14. The third kappa shape index (κ3) is 3.64. The van der Waals surface area contributed by atoms with Gasteiger partial charge in [0.2, 0.25) is 0 Å². The second-order valence-corrected chi connectivity index (χ2v) is 4.65. The molecule has 0 aromatic heterocycles. The Balaban J connectivity index is 2.16. The number of hydrogen-bond donors (Lipinski definition) is 1. The van der Waals surface area contributed by atoms with Gasteiger partial charge < -0.3 is 10.1 Å². The largest absolute Gasteiger partial charge is 0.468 e. The van der Waals surface area contributed by atoms with Crippen LogP contribution in [-0.2, 0) is 14.3 Å². The zero-order valence-electron chi connectivity index (χ0n) is 12.6. The number of nitro benzene ring substituents is 1. The molecule has 1 saturated heterocycles. The van der Waals surface area contributed by atoms with Crippen LogP contribution in [0.5, 0.6) is 0 Å². The van der Waals surface area contributed by atoms with Gasteiger partial charge in [-0.15, -0.1) is 0 Å². The molecule has 24 heavy (non-hydrogen) atoms. The number of nitrogens with one attached hydrogen (secondary N) is 1. The van der Waals surface area contributed by atoms with Gasteiger partial charge in [-0.05, 0) is 18.2 Å². The number of nitrogens with zero attached hydrogens (tertiary/aromatic N) is 2. The summed E-state index contributed by atoms with van der Waals surface area (Å²) >= 11 is 0.